The van der Waals surface area contributed by atoms with Crippen LogP contribution in [0.3, 0.4) is 0 Å². The third-order valence-corrected chi connectivity index (χ3v) is 5.50. The van der Waals surface area contributed by atoms with Crippen molar-refractivity contribution in [1.29, 1.82) is 0 Å². The van der Waals surface area contributed by atoms with E-state index in [0.717, 1.165) is 33.9 Å². The molecule has 6 nitrogen and oxygen atoms in total. The molecule has 0 N–H and O–H groups in total. The molecule has 0 unspecified atom stereocenters. The third-order valence-electron chi connectivity index (χ3n) is 5.24. The molecule has 3 heterocycles. The second-order valence-electron chi connectivity index (χ2n) is 7.19. The second kappa shape index (κ2) is 7.88. The molecule has 0 saturated carbocycles. The van der Waals surface area contributed by atoms with Gasteiger partial charge in [-0.3, -0.25) is 4.79 Å². The molecule has 152 valence electrons. The van der Waals surface area contributed by atoms with Gasteiger partial charge in [0.1, 0.15) is 18.9 Å². The third kappa shape index (κ3) is 3.66. The number of aromatic nitrogens is 1. The Hall–Kier alpha value is -3.25. The number of fused-ring (bicyclic) bond motifs is 2. The molecular formula is C23H19ClN2O4. The van der Waals surface area contributed by atoms with Crippen LogP contribution < -0.4 is 9.47 Å². The number of rotatable bonds is 3. The summed E-state index contributed by atoms with van der Waals surface area (Å²) in [6, 6.07) is 13.1. The lowest BCUT2D eigenvalue weighted by atomic mass is 10.0. The van der Waals surface area contributed by atoms with Gasteiger partial charge in [-0.25, -0.2) is 0 Å². The Balaban J connectivity index is 1.28. The molecule has 0 atom stereocenters. The molecule has 0 fully saturated rings. The minimum absolute atomic E-state index is 0.0634. The Bertz CT molecular complexity index is 1120. The normalized spacial score (nSPS) is 15.3. The van der Waals surface area contributed by atoms with Gasteiger partial charge in [0.15, 0.2) is 17.3 Å². The number of amides is 1. The highest BCUT2D eigenvalue weighted by Crippen LogP contribution is 2.32. The fourth-order valence-electron chi connectivity index (χ4n) is 3.68. The zero-order chi connectivity index (χ0) is 20.5. The summed E-state index contributed by atoms with van der Waals surface area (Å²) in [7, 11) is 0. The van der Waals surface area contributed by atoms with Crippen LogP contribution in [0.2, 0.25) is 5.02 Å². The highest BCUT2D eigenvalue weighted by Gasteiger charge is 2.26. The molecule has 2 aromatic carbocycles. The Morgan fingerprint density at radius 1 is 1.07 bits per heavy atom. The SMILES string of the molecule is O=C(/C=C\c1ccc2c(c1)OCCO2)N1CCc2c(noc2-c2ccc(Cl)cc2)C1. The van der Waals surface area contributed by atoms with Gasteiger partial charge >= 0.3 is 0 Å². The molecule has 1 amide bonds. The van der Waals surface area contributed by atoms with Gasteiger partial charge < -0.3 is 18.9 Å². The average Bonchev–Trinajstić information content (AvgIpc) is 3.21. The smallest absolute Gasteiger partial charge is 0.246 e. The molecular weight excluding hydrogens is 404 g/mol. The fraction of sp³-hybridized carbons (Fsp3) is 0.217. The summed E-state index contributed by atoms with van der Waals surface area (Å²) in [6.45, 7) is 2.13. The van der Waals surface area contributed by atoms with Gasteiger partial charge in [0, 0.05) is 28.8 Å². The lowest BCUT2D eigenvalue weighted by Gasteiger charge is -2.24. The van der Waals surface area contributed by atoms with Crippen molar-refractivity contribution >= 4 is 23.6 Å². The van der Waals surface area contributed by atoms with E-state index in [1.165, 1.54) is 0 Å². The predicted molar refractivity (Wildman–Crippen MR) is 113 cm³/mol. The quantitative estimate of drug-likeness (QED) is 0.586. The van der Waals surface area contributed by atoms with Crippen molar-refractivity contribution in [2.24, 2.45) is 0 Å². The summed E-state index contributed by atoms with van der Waals surface area (Å²) in [4.78, 5) is 14.5. The molecule has 0 bridgehead atoms. The molecule has 5 rings (SSSR count). The number of benzene rings is 2. The lowest BCUT2D eigenvalue weighted by molar-refractivity contribution is -0.126. The number of ether oxygens (including phenoxy) is 2. The van der Waals surface area contributed by atoms with Gasteiger partial charge in [0.2, 0.25) is 5.91 Å². The van der Waals surface area contributed by atoms with Crippen molar-refractivity contribution < 1.29 is 18.8 Å². The number of carbonyl (C=O) groups is 1. The van der Waals surface area contributed by atoms with Crippen molar-refractivity contribution in [2.75, 3.05) is 19.8 Å². The van der Waals surface area contributed by atoms with Crippen molar-refractivity contribution in [2.45, 2.75) is 13.0 Å². The van der Waals surface area contributed by atoms with Crippen LogP contribution in [0.1, 0.15) is 16.8 Å². The highest BCUT2D eigenvalue weighted by atomic mass is 35.5. The molecule has 1 aromatic heterocycles. The maximum absolute atomic E-state index is 12.7. The first kappa shape index (κ1) is 18.8. The number of halogens is 1. The molecule has 2 aliphatic heterocycles. The lowest BCUT2D eigenvalue weighted by Crippen LogP contribution is -2.34. The van der Waals surface area contributed by atoms with E-state index < -0.39 is 0 Å². The zero-order valence-corrected chi connectivity index (χ0v) is 16.9. The maximum atomic E-state index is 12.7. The van der Waals surface area contributed by atoms with Crippen molar-refractivity contribution in [3.05, 3.63) is 70.4 Å². The number of hydrogen-bond donors (Lipinski definition) is 0. The van der Waals surface area contributed by atoms with Gasteiger partial charge in [0.25, 0.3) is 0 Å². The van der Waals surface area contributed by atoms with Crippen LogP contribution in [0.25, 0.3) is 17.4 Å². The van der Waals surface area contributed by atoms with Crippen LogP contribution in [-0.4, -0.2) is 35.7 Å². The van der Waals surface area contributed by atoms with Gasteiger partial charge in [-0.1, -0.05) is 22.8 Å². The van der Waals surface area contributed by atoms with E-state index in [1.54, 1.807) is 17.1 Å². The van der Waals surface area contributed by atoms with E-state index in [1.807, 2.05) is 42.5 Å². The highest BCUT2D eigenvalue weighted by molar-refractivity contribution is 6.30. The Morgan fingerprint density at radius 2 is 1.87 bits per heavy atom. The van der Waals surface area contributed by atoms with Crippen LogP contribution in [-0.2, 0) is 17.8 Å². The first-order valence-electron chi connectivity index (χ1n) is 9.77. The van der Waals surface area contributed by atoms with E-state index in [0.29, 0.717) is 43.5 Å². The molecule has 30 heavy (non-hydrogen) atoms. The number of carbonyl (C=O) groups excluding carboxylic acids is 1. The summed E-state index contributed by atoms with van der Waals surface area (Å²) in [5.74, 6) is 2.12. The number of nitrogens with zero attached hydrogens (tertiary/aromatic N) is 2. The molecule has 7 heteroatoms. The van der Waals surface area contributed by atoms with Crippen molar-refractivity contribution in [3.63, 3.8) is 0 Å². The van der Waals surface area contributed by atoms with Crippen LogP contribution in [0, 0.1) is 0 Å². The minimum atomic E-state index is -0.0634. The van der Waals surface area contributed by atoms with Gasteiger partial charge in [-0.05, 0) is 54.5 Å². The van der Waals surface area contributed by atoms with Gasteiger partial charge in [-0.2, -0.15) is 0 Å². The molecule has 0 spiro atoms. The van der Waals surface area contributed by atoms with E-state index in [-0.39, 0.29) is 5.91 Å². The van der Waals surface area contributed by atoms with Crippen LogP contribution in [0.5, 0.6) is 11.5 Å². The summed E-state index contributed by atoms with van der Waals surface area (Å²) in [5.41, 5.74) is 3.67. The second-order valence-corrected chi connectivity index (χ2v) is 7.63. The van der Waals surface area contributed by atoms with E-state index in [2.05, 4.69) is 5.16 Å². The first-order valence-corrected chi connectivity index (χ1v) is 10.2. The average molecular weight is 423 g/mol. The molecule has 0 aliphatic carbocycles. The standard InChI is InChI=1S/C23H19ClN2O4/c24-17-5-3-16(4-6-17)23-18-9-10-26(14-19(18)25-30-23)22(27)8-2-15-1-7-20-21(13-15)29-12-11-28-20/h1-8,13H,9-12,14H2/b8-2-. The molecule has 3 aromatic rings. The van der Waals surface area contributed by atoms with E-state index in [9.17, 15) is 4.79 Å². The Kier molecular flexibility index (Phi) is 4.93. The maximum Gasteiger partial charge on any atom is 0.246 e. The summed E-state index contributed by atoms with van der Waals surface area (Å²) in [5, 5.41) is 4.87. The largest absolute Gasteiger partial charge is 0.486 e. The summed E-state index contributed by atoms with van der Waals surface area (Å²) in [6.07, 6.45) is 4.06. The molecule has 0 saturated heterocycles. The van der Waals surface area contributed by atoms with E-state index in [4.69, 9.17) is 25.6 Å². The van der Waals surface area contributed by atoms with Crippen LogP contribution in [0.15, 0.2) is 53.1 Å². The number of hydrogen-bond acceptors (Lipinski definition) is 5. The monoisotopic (exact) mass is 422 g/mol. The van der Waals surface area contributed by atoms with Crippen LogP contribution >= 0.6 is 11.6 Å². The van der Waals surface area contributed by atoms with Crippen LogP contribution in [0.4, 0.5) is 0 Å². The van der Waals surface area contributed by atoms with Gasteiger partial charge in [-0.15, -0.1) is 0 Å². The minimum Gasteiger partial charge on any atom is -0.486 e. The van der Waals surface area contributed by atoms with E-state index >= 15 is 0 Å². The summed E-state index contributed by atoms with van der Waals surface area (Å²) >= 11 is 5.97. The molecule has 2 aliphatic rings. The predicted octanol–water partition coefficient (Wildman–Crippen LogP) is 4.36. The van der Waals surface area contributed by atoms with Crippen molar-refractivity contribution in [3.8, 4) is 22.8 Å². The molecule has 0 radical (unpaired) electrons. The Morgan fingerprint density at radius 3 is 2.70 bits per heavy atom. The van der Waals surface area contributed by atoms with Gasteiger partial charge in [0.05, 0.1) is 6.54 Å². The van der Waals surface area contributed by atoms with Crippen molar-refractivity contribution in [1.82, 2.24) is 10.1 Å². The topological polar surface area (TPSA) is 64.8 Å². The summed E-state index contributed by atoms with van der Waals surface area (Å²) < 4.78 is 16.7. The Labute approximate surface area is 178 Å². The first-order chi connectivity index (χ1) is 14.7. The zero-order valence-electron chi connectivity index (χ0n) is 16.1. The fourth-order valence-corrected chi connectivity index (χ4v) is 3.81.